The van der Waals surface area contributed by atoms with Gasteiger partial charge in [0, 0.05) is 18.0 Å². The number of rotatable bonds is 6. The van der Waals surface area contributed by atoms with Gasteiger partial charge in [-0.1, -0.05) is 36.8 Å². The minimum absolute atomic E-state index is 0.226. The van der Waals surface area contributed by atoms with Gasteiger partial charge in [-0.05, 0) is 25.5 Å². The Labute approximate surface area is 123 Å². The second-order valence-corrected chi connectivity index (χ2v) is 5.58. The number of nitrogens with two attached hydrogens (primary N) is 1. The Morgan fingerprint density at radius 2 is 2.05 bits per heavy atom. The van der Waals surface area contributed by atoms with E-state index in [0.717, 1.165) is 28.5 Å². The van der Waals surface area contributed by atoms with Crippen molar-refractivity contribution in [1.82, 2.24) is 4.98 Å². The maximum atomic E-state index is 14.0. The summed E-state index contributed by atoms with van der Waals surface area (Å²) in [4.78, 5) is 7.65. The Balaban J connectivity index is 2.39. The average Bonchev–Trinajstić information content (AvgIpc) is 2.85. The van der Waals surface area contributed by atoms with Crippen molar-refractivity contribution >= 4 is 22.2 Å². The highest BCUT2D eigenvalue weighted by Gasteiger charge is 2.17. The fraction of sp³-hybridized carbons (Fsp3) is 0.400. The van der Waals surface area contributed by atoms with Gasteiger partial charge in [0.2, 0.25) is 0 Å². The monoisotopic (exact) mass is 293 g/mol. The first-order chi connectivity index (χ1) is 9.71. The smallest absolute Gasteiger partial charge is 0.190 e. The molecule has 0 aliphatic heterocycles. The summed E-state index contributed by atoms with van der Waals surface area (Å²) in [6, 6.07) is 6.79. The van der Waals surface area contributed by atoms with E-state index in [1.807, 2.05) is 17.9 Å². The predicted molar refractivity (Wildman–Crippen MR) is 83.1 cm³/mol. The molecule has 1 aromatic carbocycles. The summed E-state index contributed by atoms with van der Waals surface area (Å²) in [7, 11) is 0. The molecule has 1 aromatic heterocycles. The second kappa shape index (κ2) is 6.81. The first kappa shape index (κ1) is 14.9. The van der Waals surface area contributed by atoms with E-state index >= 15 is 0 Å². The van der Waals surface area contributed by atoms with Crippen LogP contribution in [-0.4, -0.2) is 11.5 Å². The number of aryl methyl sites for hydroxylation is 1. The SMILES string of the molecule is CCCc1nc(N(CC)c2ccccc2F)sc1CN. The molecule has 0 saturated carbocycles. The molecule has 0 unspecified atom stereocenters. The number of halogens is 1. The lowest BCUT2D eigenvalue weighted by molar-refractivity contribution is 0.625. The summed E-state index contributed by atoms with van der Waals surface area (Å²) in [6.45, 7) is 5.27. The minimum atomic E-state index is -0.226. The molecule has 20 heavy (non-hydrogen) atoms. The molecule has 0 amide bonds. The van der Waals surface area contributed by atoms with Crippen LogP contribution in [0.3, 0.4) is 0 Å². The fourth-order valence-electron chi connectivity index (χ4n) is 2.16. The zero-order valence-corrected chi connectivity index (χ0v) is 12.7. The van der Waals surface area contributed by atoms with Gasteiger partial charge in [-0.15, -0.1) is 0 Å². The van der Waals surface area contributed by atoms with Crippen molar-refractivity contribution < 1.29 is 4.39 Å². The van der Waals surface area contributed by atoms with Crippen LogP contribution in [0.1, 0.15) is 30.8 Å². The molecule has 5 heteroatoms. The zero-order chi connectivity index (χ0) is 14.5. The molecule has 0 aliphatic carbocycles. The van der Waals surface area contributed by atoms with Gasteiger partial charge in [0.05, 0.1) is 11.4 Å². The molecule has 0 saturated heterocycles. The number of anilines is 2. The Morgan fingerprint density at radius 3 is 2.65 bits per heavy atom. The molecule has 3 nitrogen and oxygen atoms in total. The zero-order valence-electron chi connectivity index (χ0n) is 11.9. The number of benzene rings is 1. The third kappa shape index (κ3) is 2.99. The third-order valence-corrected chi connectivity index (χ3v) is 4.27. The number of nitrogens with zero attached hydrogens (tertiary/aromatic N) is 2. The normalized spacial score (nSPS) is 10.8. The summed E-state index contributed by atoms with van der Waals surface area (Å²) in [5.74, 6) is -0.226. The molecular weight excluding hydrogens is 273 g/mol. The standard InChI is InChI=1S/C15H20FN3S/c1-3-7-12-14(10-17)20-15(18-12)19(4-2)13-9-6-5-8-11(13)16/h5-6,8-9H,3-4,7,10,17H2,1-2H3. The summed E-state index contributed by atoms with van der Waals surface area (Å²) in [5.41, 5.74) is 7.39. The van der Waals surface area contributed by atoms with Crippen molar-refractivity contribution in [2.24, 2.45) is 5.73 Å². The van der Waals surface area contributed by atoms with Gasteiger partial charge >= 0.3 is 0 Å². The number of para-hydroxylation sites is 1. The van der Waals surface area contributed by atoms with E-state index in [9.17, 15) is 4.39 Å². The first-order valence-electron chi connectivity index (χ1n) is 6.91. The van der Waals surface area contributed by atoms with Gasteiger partial charge in [0.25, 0.3) is 0 Å². The van der Waals surface area contributed by atoms with Gasteiger partial charge in [-0.2, -0.15) is 0 Å². The van der Waals surface area contributed by atoms with Crippen molar-refractivity contribution in [2.75, 3.05) is 11.4 Å². The highest BCUT2D eigenvalue weighted by atomic mass is 32.1. The van der Waals surface area contributed by atoms with Crippen LogP contribution in [0, 0.1) is 5.82 Å². The summed E-state index contributed by atoms with van der Waals surface area (Å²) >= 11 is 1.56. The Bertz CT molecular complexity index is 568. The van der Waals surface area contributed by atoms with Crippen LogP contribution in [0.15, 0.2) is 24.3 Å². The first-order valence-corrected chi connectivity index (χ1v) is 7.73. The van der Waals surface area contributed by atoms with Gasteiger partial charge in [0.1, 0.15) is 5.82 Å². The van der Waals surface area contributed by atoms with Gasteiger partial charge in [0.15, 0.2) is 5.13 Å². The molecule has 0 atom stereocenters. The van der Waals surface area contributed by atoms with Crippen molar-refractivity contribution in [1.29, 1.82) is 0 Å². The van der Waals surface area contributed by atoms with Crippen molar-refractivity contribution in [2.45, 2.75) is 33.2 Å². The van der Waals surface area contributed by atoms with E-state index < -0.39 is 0 Å². The molecule has 0 bridgehead atoms. The van der Waals surface area contributed by atoms with E-state index in [-0.39, 0.29) is 5.82 Å². The molecule has 0 aliphatic rings. The molecule has 0 radical (unpaired) electrons. The van der Waals surface area contributed by atoms with Crippen molar-refractivity contribution in [3.8, 4) is 0 Å². The van der Waals surface area contributed by atoms with Crippen molar-refractivity contribution in [3.05, 3.63) is 40.7 Å². The van der Waals surface area contributed by atoms with E-state index in [1.54, 1.807) is 23.5 Å². The highest BCUT2D eigenvalue weighted by Crippen LogP contribution is 2.33. The van der Waals surface area contributed by atoms with Crippen LogP contribution in [0.5, 0.6) is 0 Å². The van der Waals surface area contributed by atoms with E-state index in [0.29, 0.717) is 18.8 Å². The Morgan fingerprint density at radius 1 is 1.30 bits per heavy atom. The van der Waals surface area contributed by atoms with Gasteiger partial charge < -0.3 is 10.6 Å². The van der Waals surface area contributed by atoms with E-state index in [2.05, 4.69) is 11.9 Å². The Kier molecular flexibility index (Phi) is 5.09. The largest absolute Gasteiger partial charge is 0.326 e. The third-order valence-electron chi connectivity index (χ3n) is 3.13. The molecule has 2 rings (SSSR count). The summed E-state index contributed by atoms with van der Waals surface area (Å²) in [5, 5.41) is 0.821. The molecule has 1 heterocycles. The quantitative estimate of drug-likeness (QED) is 0.879. The number of hydrogen-bond acceptors (Lipinski definition) is 4. The topological polar surface area (TPSA) is 42.2 Å². The van der Waals surface area contributed by atoms with Crippen LogP contribution < -0.4 is 10.6 Å². The van der Waals surface area contributed by atoms with Crippen LogP contribution in [-0.2, 0) is 13.0 Å². The van der Waals surface area contributed by atoms with Gasteiger partial charge in [-0.25, -0.2) is 9.37 Å². The average molecular weight is 293 g/mol. The van der Waals surface area contributed by atoms with Crippen LogP contribution in [0.2, 0.25) is 0 Å². The predicted octanol–water partition coefficient (Wildman–Crippen LogP) is 3.85. The summed E-state index contributed by atoms with van der Waals surface area (Å²) < 4.78 is 14.0. The molecule has 2 aromatic rings. The lowest BCUT2D eigenvalue weighted by atomic mass is 10.2. The van der Waals surface area contributed by atoms with Crippen LogP contribution >= 0.6 is 11.3 Å². The molecular formula is C15H20FN3S. The molecule has 0 spiro atoms. The molecule has 0 fully saturated rings. The van der Waals surface area contributed by atoms with E-state index in [4.69, 9.17) is 5.73 Å². The lowest BCUT2D eigenvalue weighted by Gasteiger charge is -2.20. The Hall–Kier alpha value is -1.46. The number of aromatic nitrogens is 1. The summed E-state index contributed by atoms with van der Waals surface area (Å²) in [6.07, 6.45) is 1.94. The maximum absolute atomic E-state index is 14.0. The fourth-order valence-corrected chi connectivity index (χ4v) is 3.22. The second-order valence-electron chi connectivity index (χ2n) is 4.52. The number of hydrogen-bond donors (Lipinski definition) is 1. The van der Waals surface area contributed by atoms with Crippen molar-refractivity contribution in [3.63, 3.8) is 0 Å². The minimum Gasteiger partial charge on any atom is -0.326 e. The highest BCUT2D eigenvalue weighted by molar-refractivity contribution is 7.15. The van der Waals surface area contributed by atoms with Crippen LogP contribution in [0.25, 0.3) is 0 Å². The number of thiazole rings is 1. The molecule has 108 valence electrons. The molecule has 2 N–H and O–H groups in total. The van der Waals surface area contributed by atoms with E-state index in [1.165, 1.54) is 6.07 Å². The van der Waals surface area contributed by atoms with Gasteiger partial charge in [-0.3, -0.25) is 0 Å². The van der Waals surface area contributed by atoms with Crippen LogP contribution in [0.4, 0.5) is 15.2 Å². The maximum Gasteiger partial charge on any atom is 0.190 e. The lowest BCUT2D eigenvalue weighted by Crippen LogP contribution is -2.17.